The van der Waals surface area contributed by atoms with Crippen molar-refractivity contribution in [2.75, 3.05) is 34.5 Å². The first-order valence-electron chi connectivity index (χ1n) is 10.4. The van der Waals surface area contributed by atoms with E-state index in [1.165, 1.54) is 12.1 Å². The molecular weight excluding hydrogens is 401 g/mol. The highest BCUT2D eigenvalue weighted by atomic mass is 19.1. The van der Waals surface area contributed by atoms with Gasteiger partial charge in [-0.2, -0.15) is 0 Å². The second-order valence-electron chi connectivity index (χ2n) is 7.92. The van der Waals surface area contributed by atoms with Gasteiger partial charge in [0.1, 0.15) is 5.82 Å². The third-order valence-corrected chi connectivity index (χ3v) is 5.97. The second-order valence-corrected chi connectivity index (χ2v) is 7.92. The lowest BCUT2D eigenvalue weighted by Gasteiger charge is -2.28. The number of aliphatic hydroxyl groups is 1. The van der Waals surface area contributed by atoms with Crippen LogP contribution in [0.4, 0.5) is 4.39 Å². The van der Waals surface area contributed by atoms with E-state index in [0.717, 1.165) is 11.1 Å². The Labute approximate surface area is 182 Å². The topological polar surface area (TPSA) is 68.2 Å². The zero-order valence-electron chi connectivity index (χ0n) is 18.3. The molecule has 1 aliphatic rings. The number of nitrogens with zero attached hydrogens (tertiary/aromatic N) is 1. The molecule has 1 aliphatic heterocycles. The summed E-state index contributed by atoms with van der Waals surface area (Å²) in [7, 11) is 4.67. The van der Waals surface area contributed by atoms with Crippen LogP contribution in [-0.2, 0) is 17.8 Å². The number of ether oxygens (including phenoxy) is 3. The van der Waals surface area contributed by atoms with Gasteiger partial charge in [0.05, 0.1) is 26.7 Å². The molecule has 1 heterocycles. The number of hydrogen-bond donors (Lipinski definition) is 1. The van der Waals surface area contributed by atoms with Crippen molar-refractivity contribution in [1.29, 1.82) is 0 Å². The maximum Gasteiger partial charge on any atom is 0.229 e. The van der Waals surface area contributed by atoms with Gasteiger partial charge in [-0.15, -0.1) is 0 Å². The van der Waals surface area contributed by atoms with Crippen molar-refractivity contribution in [1.82, 2.24) is 4.90 Å². The quantitative estimate of drug-likeness (QED) is 0.623. The lowest BCUT2D eigenvalue weighted by atomic mass is 9.76. The number of amides is 1. The van der Waals surface area contributed by atoms with Crippen LogP contribution in [-0.4, -0.2) is 50.4 Å². The summed E-state index contributed by atoms with van der Waals surface area (Å²) in [6, 6.07) is 9.99. The van der Waals surface area contributed by atoms with Gasteiger partial charge in [-0.05, 0) is 61.1 Å². The first-order chi connectivity index (χ1) is 15.0. The third-order valence-electron chi connectivity index (χ3n) is 5.97. The molecule has 0 bridgehead atoms. The average molecular weight is 432 g/mol. The zero-order chi connectivity index (χ0) is 22.4. The van der Waals surface area contributed by atoms with Crippen LogP contribution in [0.2, 0.25) is 0 Å². The van der Waals surface area contributed by atoms with Gasteiger partial charge in [0, 0.05) is 19.7 Å². The normalized spacial score (nSPS) is 18.4. The second kappa shape index (κ2) is 10.0. The summed E-state index contributed by atoms with van der Waals surface area (Å²) in [5.41, 5.74) is 1.20. The number of hydrogen-bond acceptors (Lipinski definition) is 5. The van der Waals surface area contributed by atoms with Gasteiger partial charge in [-0.3, -0.25) is 4.79 Å². The molecule has 1 unspecified atom stereocenters. The summed E-state index contributed by atoms with van der Waals surface area (Å²) in [5.74, 6) is 1.35. The minimum atomic E-state index is -0.596. The van der Waals surface area contributed by atoms with Gasteiger partial charge in [0.15, 0.2) is 11.5 Å². The highest BCUT2D eigenvalue weighted by Gasteiger charge is 2.45. The lowest BCUT2D eigenvalue weighted by molar-refractivity contribution is -0.137. The number of rotatable bonds is 10. The van der Waals surface area contributed by atoms with Crippen LogP contribution >= 0.6 is 0 Å². The molecule has 31 heavy (non-hydrogen) atoms. The van der Waals surface area contributed by atoms with E-state index in [0.29, 0.717) is 56.0 Å². The Kier molecular flexibility index (Phi) is 7.38. The maximum atomic E-state index is 13.5. The Bertz CT molecular complexity index is 876. The van der Waals surface area contributed by atoms with Crippen molar-refractivity contribution in [2.45, 2.75) is 32.2 Å². The molecule has 1 N–H and O–H groups in total. The summed E-state index contributed by atoms with van der Waals surface area (Å²) in [4.78, 5) is 15.4. The van der Waals surface area contributed by atoms with E-state index in [2.05, 4.69) is 0 Å². The summed E-state index contributed by atoms with van der Waals surface area (Å²) < 4.78 is 29.5. The van der Waals surface area contributed by atoms with Crippen LogP contribution < -0.4 is 14.2 Å². The molecule has 0 saturated carbocycles. The fourth-order valence-corrected chi connectivity index (χ4v) is 4.39. The highest BCUT2D eigenvalue weighted by molar-refractivity contribution is 5.85. The SMILES string of the molecule is COc1cc(CN2CCC(CCCO)(Cc3ccc(F)cc3)C2=O)cc(OC)c1OC. The van der Waals surface area contributed by atoms with E-state index >= 15 is 0 Å². The van der Waals surface area contributed by atoms with Crippen LogP contribution in [0.25, 0.3) is 0 Å². The predicted molar refractivity (Wildman–Crippen MR) is 115 cm³/mol. The van der Waals surface area contributed by atoms with Crippen LogP contribution in [0.5, 0.6) is 17.2 Å². The smallest absolute Gasteiger partial charge is 0.229 e. The summed E-state index contributed by atoms with van der Waals surface area (Å²) in [5, 5.41) is 9.38. The summed E-state index contributed by atoms with van der Waals surface area (Å²) in [6.07, 6.45) is 2.35. The predicted octanol–water partition coefficient (Wildman–Crippen LogP) is 3.59. The molecule has 1 amide bonds. The van der Waals surface area contributed by atoms with Crippen molar-refractivity contribution in [3.8, 4) is 17.2 Å². The largest absolute Gasteiger partial charge is 0.493 e. The Morgan fingerprint density at radius 3 is 2.23 bits per heavy atom. The average Bonchev–Trinajstić information content (AvgIpc) is 3.08. The van der Waals surface area contributed by atoms with Crippen LogP contribution in [0.3, 0.4) is 0 Å². The first-order valence-corrected chi connectivity index (χ1v) is 10.4. The Morgan fingerprint density at radius 1 is 1.03 bits per heavy atom. The third kappa shape index (κ3) is 4.93. The zero-order valence-corrected chi connectivity index (χ0v) is 18.3. The molecule has 7 heteroatoms. The fraction of sp³-hybridized carbons (Fsp3) is 0.458. The number of halogens is 1. The molecule has 0 aliphatic carbocycles. The first kappa shape index (κ1) is 22.9. The van der Waals surface area contributed by atoms with Gasteiger partial charge in [0.2, 0.25) is 11.7 Å². The summed E-state index contributed by atoms with van der Waals surface area (Å²) in [6.45, 7) is 1.06. The van der Waals surface area contributed by atoms with Crippen molar-refractivity contribution in [3.05, 3.63) is 53.3 Å². The number of methoxy groups -OCH3 is 3. The molecule has 0 spiro atoms. The van der Waals surface area contributed by atoms with Gasteiger partial charge in [0.25, 0.3) is 0 Å². The van der Waals surface area contributed by atoms with Gasteiger partial charge in [-0.1, -0.05) is 12.1 Å². The van der Waals surface area contributed by atoms with E-state index in [1.807, 2.05) is 17.0 Å². The summed E-state index contributed by atoms with van der Waals surface area (Å²) >= 11 is 0. The molecule has 0 aromatic heterocycles. The number of carbonyl (C=O) groups excluding carboxylic acids is 1. The molecule has 6 nitrogen and oxygen atoms in total. The monoisotopic (exact) mass is 431 g/mol. The number of likely N-dealkylation sites (tertiary alicyclic amines) is 1. The minimum absolute atomic E-state index is 0.0331. The molecule has 1 fully saturated rings. The molecule has 3 rings (SSSR count). The minimum Gasteiger partial charge on any atom is -0.493 e. The van der Waals surface area contributed by atoms with Crippen molar-refractivity contribution in [3.63, 3.8) is 0 Å². The molecule has 1 atom stereocenters. The van der Waals surface area contributed by atoms with Gasteiger partial charge in [-0.25, -0.2) is 4.39 Å². The molecule has 2 aromatic carbocycles. The standard InChI is InChI=1S/C24H30FNO5/c1-29-20-13-18(14-21(30-2)22(20)31-3)16-26-11-10-24(23(26)28,9-4-12-27)15-17-5-7-19(25)8-6-17/h5-8,13-14,27H,4,9-12,15-16H2,1-3H3. The van der Waals surface area contributed by atoms with Crippen molar-refractivity contribution in [2.24, 2.45) is 5.41 Å². The van der Waals surface area contributed by atoms with E-state index in [1.54, 1.807) is 33.5 Å². The highest BCUT2D eigenvalue weighted by Crippen LogP contribution is 2.42. The van der Waals surface area contributed by atoms with Gasteiger partial charge < -0.3 is 24.2 Å². The molecule has 1 saturated heterocycles. The van der Waals surface area contributed by atoms with Crippen molar-refractivity contribution < 1.29 is 28.5 Å². The van der Waals surface area contributed by atoms with Gasteiger partial charge >= 0.3 is 0 Å². The molecule has 2 aromatic rings. The maximum absolute atomic E-state index is 13.5. The number of carbonyl (C=O) groups is 1. The molecule has 168 valence electrons. The Hall–Kier alpha value is -2.80. The number of aliphatic hydroxyl groups excluding tert-OH is 1. The van der Waals surface area contributed by atoms with Crippen LogP contribution in [0.15, 0.2) is 36.4 Å². The Morgan fingerprint density at radius 2 is 1.68 bits per heavy atom. The van der Waals surface area contributed by atoms with Crippen LogP contribution in [0, 0.1) is 11.2 Å². The van der Waals surface area contributed by atoms with Crippen LogP contribution in [0.1, 0.15) is 30.4 Å². The van der Waals surface area contributed by atoms with E-state index in [9.17, 15) is 14.3 Å². The van der Waals surface area contributed by atoms with E-state index in [4.69, 9.17) is 14.2 Å². The molecular formula is C24H30FNO5. The number of benzene rings is 2. The van der Waals surface area contributed by atoms with E-state index < -0.39 is 5.41 Å². The van der Waals surface area contributed by atoms with E-state index in [-0.39, 0.29) is 18.3 Å². The Balaban J connectivity index is 1.84. The lowest BCUT2D eigenvalue weighted by Crippen LogP contribution is -2.36. The molecule has 0 radical (unpaired) electrons. The van der Waals surface area contributed by atoms with Crippen molar-refractivity contribution >= 4 is 5.91 Å². The fourth-order valence-electron chi connectivity index (χ4n) is 4.39.